The topological polar surface area (TPSA) is 103 Å². The van der Waals surface area contributed by atoms with Crippen LogP contribution in [0.3, 0.4) is 0 Å². The van der Waals surface area contributed by atoms with Gasteiger partial charge in [0.15, 0.2) is 5.82 Å². The molecule has 0 unspecified atom stereocenters. The molecule has 1 saturated carbocycles. The van der Waals surface area contributed by atoms with Crippen LogP contribution < -0.4 is 5.56 Å². The fourth-order valence-electron chi connectivity index (χ4n) is 5.96. The van der Waals surface area contributed by atoms with Gasteiger partial charge in [0.25, 0.3) is 5.56 Å². The smallest absolute Gasteiger partial charge is 0.252 e. The number of aromatic amines is 1. The number of hydrogen-bond acceptors (Lipinski definition) is 7. The van der Waals surface area contributed by atoms with Crippen molar-refractivity contribution in [3.8, 4) is 0 Å². The highest BCUT2D eigenvalue weighted by Gasteiger charge is 2.46. The van der Waals surface area contributed by atoms with Gasteiger partial charge in [-0.15, -0.1) is 5.10 Å². The van der Waals surface area contributed by atoms with Gasteiger partial charge in [-0.3, -0.25) is 9.69 Å². The lowest BCUT2D eigenvalue weighted by Crippen LogP contribution is -2.54. The molecule has 35 heavy (non-hydrogen) atoms. The molecule has 9 nitrogen and oxygen atoms in total. The molecule has 2 aliphatic rings. The number of piperidine rings is 1. The van der Waals surface area contributed by atoms with E-state index in [1.54, 1.807) is 0 Å². The number of aryl methyl sites for hydroxylation is 1. The lowest BCUT2D eigenvalue weighted by molar-refractivity contribution is 0.00205. The molecule has 3 heterocycles. The summed E-state index contributed by atoms with van der Waals surface area (Å²) in [6, 6.07) is 8.45. The minimum absolute atomic E-state index is 0.0613. The highest BCUT2D eigenvalue weighted by Crippen LogP contribution is 2.41. The Morgan fingerprint density at radius 3 is 2.71 bits per heavy atom. The van der Waals surface area contributed by atoms with Crippen LogP contribution in [0.25, 0.3) is 10.9 Å². The molecular formula is C26H37N7O2. The third kappa shape index (κ3) is 4.77. The number of H-pyrrole nitrogens is 1. The predicted octanol–water partition coefficient (Wildman–Crippen LogP) is 2.74. The molecular weight excluding hydrogens is 442 g/mol. The van der Waals surface area contributed by atoms with Crippen LogP contribution in [0.1, 0.15) is 67.9 Å². The monoisotopic (exact) mass is 479 g/mol. The molecule has 0 atom stereocenters. The molecule has 188 valence electrons. The van der Waals surface area contributed by atoms with Crippen LogP contribution >= 0.6 is 0 Å². The van der Waals surface area contributed by atoms with E-state index in [-0.39, 0.29) is 17.7 Å². The van der Waals surface area contributed by atoms with Crippen molar-refractivity contribution in [2.24, 2.45) is 0 Å². The van der Waals surface area contributed by atoms with E-state index in [0.29, 0.717) is 25.6 Å². The normalized spacial score (nSPS) is 19.2. The first kappa shape index (κ1) is 24.1. The maximum atomic E-state index is 13.1. The number of hydrogen-bond donors (Lipinski definition) is 2. The molecule has 1 aliphatic heterocycles. The van der Waals surface area contributed by atoms with Gasteiger partial charge in [-0.1, -0.05) is 24.5 Å². The second kappa shape index (κ2) is 10.2. The highest BCUT2D eigenvalue weighted by molar-refractivity contribution is 5.79. The summed E-state index contributed by atoms with van der Waals surface area (Å²) < 4.78 is 2.08. The average Bonchev–Trinajstić information content (AvgIpc) is 3.55. The molecule has 0 radical (unpaired) electrons. The number of pyridine rings is 1. The predicted molar refractivity (Wildman–Crippen MR) is 135 cm³/mol. The van der Waals surface area contributed by atoms with Gasteiger partial charge in [-0.05, 0) is 80.1 Å². The molecule has 1 saturated heterocycles. The van der Waals surface area contributed by atoms with Crippen LogP contribution in [-0.4, -0.2) is 73.4 Å². The van der Waals surface area contributed by atoms with Crippen LogP contribution in [0, 0.1) is 6.92 Å². The first-order valence-corrected chi connectivity index (χ1v) is 13.0. The summed E-state index contributed by atoms with van der Waals surface area (Å²) in [4.78, 5) is 20.9. The Balaban J connectivity index is 1.57. The zero-order chi connectivity index (χ0) is 24.4. The van der Waals surface area contributed by atoms with Crippen LogP contribution in [-0.2, 0) is 12.1 Å². The number of aliphatic hydroxyl groups excluding tert-OH is 1. The Kier molecular flexibility index (Phi) is 7.00. The fraction of sp³-hybridized carbons (Fsp3) is 0.615. The van der Waals surface area contributed by atoms with Gasteiger partial charge in [0.2, 0.25) is 0 Å². The summed E-state index contributed by atoms with van der Waals surface area (Å²) >= 11 is 0. The first-order chi connectivity index (χ1) is 17.0. The van der Waals surface area contributed by atoms with Crippen molar-refractivity contribution in [1.82, 2.24) is 35.0 Å². The van der Waals surface area contributed by atoms with Crippen LogP contribution in [0.2, 0.25) is 0 Å². The molecule has 2 aromatic heterocycles. The van der Waals surface area contributed by atoms with Crippen molar-refractivity contribution in [3.05, 3.63) is 51.6 Å². The summed E-state index contributed by atoms with van der Waals surface area (Å²) in [5.41, 5.74) is 2.30. The van der Waals surface area contributed by atoms with E-state index < -0.39 is 0 Å². The van der Waals surface area contributed by atoms with Crippen molar-refractivity contribution in [1.29, 1.82) is 0 Å². The molecule has 0 bridgehead atoms. The zero-order valence-electron chi connectivity index (χ0n) is 20.9. The number of rotatable bonds is 8. The number of benzene rings is 1. The molecule has 3 aromatic rings. The van der Waals surface area contributed by atoms with Gasteiger partial charge >= 0.3 is 0 Å². The summed E-state index contributed by atoms with van der Waals surface area (Å²) in [6.45, 7) is 5.19. The summed E-state index contributed by atoms with van der Waals surface area (Å²) in [5.74, 6) is 0.920. The number of nitrogens with zero attached hydrogens (tertiary/aromatic N) is 6. The molecule has 0 amide bonds. The van der Waals surface area contributed by atoms with E-state index in [9.17, 15) is 9.90 Å². The third-order valence-electron chi connectivity index (χ3n) is 8.02. The highest BCUT2D eigenvalue weighted by atomic mass is 16.3. The van der Waals surface area contributed by atoms with E-state index in [0.717, 1.165) is 66.6 Å². The number of likely N-dealkylation sites (tertiary alicyclic amines) is 1. The molecule has 2 N–H and O–H groups in total. The molecule has 9 heteroatoms. The van der Waals surface area contributed by atoms with Gasteiger partial charge in [0, 0.05) is 43.9 Å². The maximum absolute atomic E-state index is 13.1. The molecule has 1 aliphatic carbocycles. The van der Waals surface area contributed by atoms with Crippen molar-refractivity contribution in [2.75, 3.05) is 33.3 Å². The standard InChI is InChI=1S/C26H37N7O2/c1-19-8-9-23-20(16-19)17-21(24(35)27-23)18-32(12-5-15-34)26(10-13-31(2)14-11-26)25-28-29-30-33(25)22-6-3-4-7-22/h8-9,16-17,22,34H,3-7,10-15,18H2,1-2H3,(H,27,35). The SMILES string of the molecule is Cc1ccc2[nH]c(=O)c(CN(CCCO)C3(c4nnnn4C4CCCC4)CCN(C)CC3)cc2c1. The van der Waals surface area contributed by atoms with Crippen molar-refractivity contribution in [2.45, 2.75) is 70.0 Å². The van der Waals surface area contributed by atoms with Crippen molar-refractivity contribution in [3.63, 3.8) is 0 Å². The Morgan fingerprint density at radius 1 is 1.20 bits per heavy atom. The Bertz CT molecular complexity index is 1210. The number of nitrogens with one attached hydrogen (secondary N) is 1. The lowest BCUT2D eigenvalue weighted by atomic mass is 9.83. The molecule has 0 spiro atoms. The lowest BCUT2D eigenvalue weighted by Gasteiger charge is -2.47. The largest absolute Gasteiger partial charge is 0.396 e. The number of fused-ring (bicyclic) bond motifs is 1. The van der Waals surface area contributed by atoms with Gasteiger partial charge in [0.05, 0.1) is 11.6 Å². The molecule has 5 rings (SSSR count). The van der Waals surface area contributed by atoms with Gasteiger partial charge in [-0.2, -0.15) is 0 Å². The van der Waals surface area contributed by atoms with Crippen LogP contribution in [0.4, 0.5) is 0 Å². The van der Waals surface area contributed by atoms with Gasteiger partial charge in [-0.25, -0.2) is 4.68 Å². The number of tetrazole rings is 1. The van der Waals surface area contributed by atoms with Crippen LogP contribution in [0.15, 0.2) is 29.1 Å². The molecule has 2 fully saturated rings. The van der Waals surface area contributed by atoms with Crippen LogP contribution in [0.5, 0.6) is 0 Å². The zero-order valence-corrected chi connectivity index (χ0v) is 20.9. The minimum atomic E-state index is -0.387. The second-order valence-corrected chi connectivity index (χ2v) is 10.4. The van der Waals surface area contributed by atoms with E-state index >= 15 is 0 Å². The maximum Gasteiger partial charge on any atom is 0.252 e. The Morgan fingerprint density at radius 2 is 1.97 bits per heavy atom. The quantitative estimate of drug-likeness (QED) is 0.512. The molecule has 1 aromatic carbocycles. The summed E-state index contributed by atoms with van der Waals surface area (Å²) in [7, 11) is 2.15. The Hall–Kier alpha value is -2.62. The summed E-state index contributed by atoms with van der Waals surface area (Å²) in [5, 5.41) is 24.0. The van der Waals surface area contributed by atoms with E-state index in [1.807, 2.05) is 18.2 Å². The number of aromatic nitrogens is 5. The van der Waals surface area contributed by atoms with Gasteiger partial charge < -0.3 is 15.0 Å². The third-order valence-corrected chi connectivity index (χ3v) is 8.02. The van der Waals surface area contributed by atoms with E-state index in [2.05, 4.69) is 55.0 Å². The second-order valence-electron chi connectivity index (χ2n) is 10.4. The van der Waals surface area contributed by atoms with Crippen molar-refractivity contribution < 1.29 is 5.11 Å². The minimum Gasteiger partial charge on any atom is -0.396 e. The van der Waals surface area contributed by atoms with E-state index in [1.165, 1.54) is 12.8 Å². The Labute approximate surface area is 206 Å². The summed E-state index contributed by atoms with van der Waals surface area (Å²) in [6.07, 6.45) is 7.02. The number of aliphatic hydroxyl groups is 1. The van der Waals surface area contributed by atoms with E-state index in [4.69, 9.17) is 0 Å². The average molecular weight is 480 g/mol. The van der Waals surface area contributed by atoms with Gasteiger partial charge in [0.1, 0.15) is 0 Å². The first-order valence-electron chi connectivity index (χ1n) is 13.0. The fourth-order valence-corrected chi connectivity index (χ4v) is 5.96. The van der Waals surface area contributed by atoms with Crippen molar-refractivity contribution >= 4 is 10.9 Å².